The predicted molar refractivity (Wildman–Crippen MR) is 339 cm³/mol. The summed E-state index contributed by atoms with van der Waals surface area (Å²) in [5.74, 6) is -0.606. The summed E-state index contributed by atoms with van der Waals surface area (Å²) in [6, 6.07) is 0. The Hall–Kier alpha value is -3.44. The second kappa shape index (κ2) is 66.8. The Kier molecular flexibility index (Phi) is 63.9. The molecule has 5 nitrogen and oxygen atoms in total. The first-order valence-electron chi connectivity index (χ1n) is 32.9. The van der Waals surface area contributed by atoms with Crippen LogP contribution in [0.15, 0.2) is 109 Å². The maximum Gasteiger partial charge on any atom is 0.306 e. The lowest BCUT2D eigenvalue weighted by atomic mass is 10.0. The zero-order valence-electron chi connectivity index (χ0n) is 50.7. The fourth-order valence-corrected chi connectivity index (χ4v) is 9.43. The third-order valence-electron chi connectivity index (χ3n) is 14.3. The molecular weight excluding hydrogens is 945 g/mol. The number of unbranched alkanes of at least 4 members (excludes halogenated alkanes) is 34. The topological polar surface area (TPSA) is 72.8 Å². The van der Waals surface area contributed by atoms with Gasteiger partial charge in [0.15, 0.2) is 6.10 Å². The zero-order valence-corrected chi connectivity index (χ0v) is 50.7. The molecule has 0 saturated heterocycles. The SMILES string of the molecule is CC/C=C\C/C=C\C/C=C\C/C=C\C/C=C\C/C=C\C/C=C\C/C=C\C/C=C\CCCCCCCC(=O)OC(CO)COC(=O)CCCCCCCCCCCCCCCCCCCCCCCCCCCCCCCC. The summed E-state index contributed by atoms with van der Waals surface area (Å²) in [4.78, 5) is 24.6. The molecule has 1 N–H and O–H groups in total. The minimum absolute atomic E-state index is 0.0766. The zero-order chi connectivity index (χ0) is 55.5. The summed E-state index contributed by atoms with van der Waals surface area (Å²) in [7, 11) is 0. The van der Waals surface area contributed by atoms with E-state index in [0.717, 1.165) is 116 Å². The Morgan fingerprint density at radius 1 is 0.312 bits per heavy atom. The molecular formula is C72H124O5. The number of hydrogen-bond donors (Lipinski definition) is 1. The normalized spacial score (nSPS) is 12.9. The minimum atomic E-state index is -0.790. The van der Waals surface area contributed by atoms with Crippen molar-refractivity contribution in [1.82, 2.24) is 0 Å². The lowest BCUT2D eigenvalue weighted by Gasteiger charge is -2.15. The van der Waals surface area contributed by atoms with Crippen molar-refractivity contribution >= 4 is 11.9 Å². The molecule has 5 heteroatoms. The van der Waals surface area contributed by atoms with Crippen LogP contribution in [-0.2, 0) is 19.1 Å². The molecule has 0 radical (unpaired) electrons. The van der Waals surface area contributed by atoms with E-state index >= 15 is 0 Å². The van der Waals surface area contributed by atoms with E-state index in [-0.39, 0.29) is 25.2 Å². The van der Waals surface area contributed by atoms with Gasteiger partial charge in [-0.25, -0.2) is 0 Å². The van der Waals surface area contributed by atoms with E-state index in [0.29, 0.717) is 12.8 Å². The largest absolute Gasteiger partial charge is 0.462 e. The molecule has 0 spiro atoms. The first kappa shape index (κ1) is 73.6. The third kappa shape index (κ3) is 65.0. The lowest BCUT2D eigenvalue weighted by molar-refractivity contribution is -0.161. The van der Waals surface area contributed by atoms with Gasteiger partial charge in [-0.15, -0.1) is 0 Å². The molecule has 442 valence electrons. The number of rotatable bonds is 60. The van der Waals surface area contributed by atoms with Gasteiger partial charge in [-0.05, 0) is 83.5 Å². The van der Waals surface area contributed by atoms with Gasteiger partial charge in [0.1, 0.15) is 6.61 Å². The monoisotopic (exact) mass is 1070 g/mol. The molecule has 1 atom stereocenters. The second-order valence-corrected chi connectivity index (χ2v) is 21.8. The van der Waals surface area contributed by atoms with Crippen molar-refractivity contribution in [3.8, 4) is 0 Å². The molecule has 0 aromatic heterocycles. The first-order chi connectivity index (χ1) is 38.1. The minimum Gasteiger partial charge on any atom is -0.462 e. The number of carbonyl (C=O) groups is 2. The van der Waals surface area contributed by atoms with Gasteiger partial charge in [0.25, 0.3) is 0 Å². The maximum atomic E-state index is 12.3. The summed E-state index contributed by atoms with van der Waals surface area (Å²) in [6.45, 7) is 4.04. The van der Waals surface area contributed by atoms with Gasteiger partial charge < -0.3 is 14.6 Å². The molecule has 77 heavy (non-hydrogen) atoms. The summed E-state index contributed by atoms with van der Waals surface area (Å²) in [5.41, 5.74) is 0. The fourth-order valence-electron chi connectivity index (χ4n) is 9.43. The van der Waals surface area contributed by atoms with Crippen molar-refractivity contribution in [2.75, 3.05) is 13.2 Å². The molecule has 0 aliphatic carbocycles. The van der Waals surface area contributed by atoms with Crippen molar-refractivity contribution in [3.63, 3.8) is 0 Å². The quantitative estimate of drug-likeness (QED) is 0.0373. The van der Waals surface area contributed by atoms with Crippen molar-refractivity contribution in [3.05, 3.63) is 109 Å². The predicted octanol–water partition coefficient (Wildman–Crippen LogP) is 22.8. The lowest BCUT2D eigenvalue weighted by Crippen LogP contribution is -2.28. The van der Waals surface area contributed by atoms with Gasteiger partial charge in [-0.1, -0.05) is 329 Å². The molecule has 0 aliphatic heterocycles. The number of esters is 2. The standard InChI is InChI=1S/C72H124O5/c1-3-5-7-9-11-13-15-17-19-21-23-25-27-29-31-33-35-36-37-39-41-43-45-47-49-51-53-55-57-59-61-63-65-67-72(75)77-70(68-73)69-76-71(74)66-64-62-60-58-56-54-52-50-48-46-44-42-40-38-34-32-30-28-26-24-22-20-18-16-14-12-10-8-6-4-2/h5,7,11,13,17,19,23,25,29,31,35-36,39,41,45,47,51,53,70,73H,3-4,6,8-10,12,14-16,18,20-22,24,26-28,30,32-34,37-38,40,42-44,46,48-50,52,54-69H2,1-2H3/b7-5-,13-11-,19-17-,25-23-,31-29-,36-35-,41-39-,47-45-,53-51-. The molecule has 0 fully saturated rings. The van der Waals surface area contributed by atoms with Gasteiger partial charge in [0.05, 0.1) is 6.61 Å². The Morgan fingerprint density at radius 3 is 0.844 bits per heavy atom. The van der Waals surface area contributed by atoms with Gasteiger partial charge in [-0.2, -0.15) is 0 Å². The highest BCUT2D eigenvalue weighted by molar-refractivity contribution is 5.70. The number of carbonyl (C=O) groups excluding carboxylic acids is 2. The number of aliphatic hydroxyl groups is 1. The Morgan fingerprint density at radius 2 is 0.558 bits per heavy atom. The van der Waals surface area contributed by atoms with Crippen LogP contribution in [0.2, 0.25) is 0 Å². The molecule has 0 aromatic rings. The van der Waals surface area contributed by atoms with Crippen LogP contribution >= 0.6 is 0 Å². The molecule has 0 amide bonds. The van der Waals surface area contributed by atoms with Crippen molar-refractivity contribution in [2.24, 2.45) is 0 Å². The smallest absolute Gasteiger partial charge is 0.306 e. The Bertz CT molecular complexity index is 1490. The summed E-state index contributed by atoms with van der Waals surface area (Å²) >= 11 is 0. The molecule has 0 aliphatic rings. The Balaban J connectivity index is 3.53. The average molecular weight is 1070 g/mol. The summed E-state index contributed by atoms with van der Waals surface area (Å²) in [5, 5.41) is 9.69. The van der Waals surface area contributed by atoms with Crippen LogP contribution in [0.1, 0.15) is 316 Å². The Labute approximate surface area is 478 Å². The number of hydrogen-bond acceptors (Lipinski definition) is 5. The van der Waals surface area contributed by atoms with Crippen molar-refractivity contribution in [1.29, 1.82) is 0 Å². The second-order valence-electron chi connectivity index (χ2n) is 21.8. The maximum absolute atomic E-state index is 12.3. The van der Waals surface area contributed by atoms with Crippen LogP contribution in [0.4, 0.5) is 0 Å². The molecule has 0 aromatic carbocycles. The van der Waals surface area contributed by atoms with Gasteiger partial charge in [-0.3, -0.25) is 9.59 Å². The van der Waals surface area contributed by atoms with E-state index in [1.165, 1.54) is 173 Å². The van der Waals surface area contributed by atoms with Gasteiger partial charge in [0, 0.05) is 12.8 Å². The third-order valence-corrected chi connectivity index (χ3v) is 14.3. The highest BCUT2D eigenvalue weighted by Crippen LogP contribution is 2.18. The number of allylic oxidation sites excluding steroid dienone is 18. The van der Waals surface area contributed by atoms with E-state index in [1.54, 1.807) is 0 Å². The molecule has 0 bridgehead atoms. The highest BCUT2D eigenvalue weighted by atomic mass is 16.6. The molecule has 0 rings (SSSR count). The van der Waals surface area contributed by atoms with E-state index in [4.69, 9.17) is 9.47 Å². The molecule has 1 unspecified atom stereocenters. The van der Waals surface area contributed by atoms with Crippen LogP contribution < -0.4 is 0 Å². The number of aliphatic hydroxyl groups excluding tert-OH is 1. The van der Waals surface area contributed by atoms with Crippen LogP contribution in [0, 0.1) is 0 Å². The van der Waals surface area contributed by atoms with Gasteiger partial charge >= 0.3 is 11.9 Å². The molecule has 0 heterocycles. The van der Waals surface area contributed by atoms with Crippen molar-refractivity contribution < 1.29 is 24.2 Å². The average Bonchev–Trinajstić information content (AvgIpc) is 3.43. The van der Waals surface area contributed by atoms with E-state index in [1.807, 2.05) is 0 Å². The van der Waals surface area contributed by atoms with Crippen LogP contribution in [-0.4, -0.2) is 36.4 Å². The van der Waals surface area contributed by atoms with Gasteiger partial charge in [0.2, 0.25) is 0 Å². The van der Waals surface area contributed by atoms with E-state index in [9.17, 15) is 14.7 Å². The van der Waals surface area contributed by atoms with Crippen LogP contribution in [0.25, 0.3) is 0 Å². The van der Waals surface area contributed by atoms with Crippen LogP contribution in [0.3, 0.4) is 0 Å². The molecule has 0 saturated carbocycles. The fraction of sp³-hybridized carbons (Fsp3) is 0.722. The van der Waals surface area contributed by atoms with Crippen molar-refractivity contribution in [2.45, 2.75) is 322 Å². The summed E-state index contributed by atoms with van der Waals surface area (Å²) < 4.78 is 10.7. The van der Waals surface area contributed by atoms with E-state index in [2.05, 4.69) is 123 Å². The summed E-state index contributed by atoms with van der Waals surface area (Å²) in [6.07, 6.45) is 96.7. The van der Waals surface area contributed by atoms with E-state index < -0.39 is 6.10 Å². The number of ether oxygens (including phenoxy) is 2. The van der Waals surface area contributed by atoms with Crippen LogP contribution in [0.5, 0.6) is 0 Å². The first-order valence-corrected chi connectivity index (χ1v) is 32.9. The highest BCUT2D eigenvalue weighted by Gasteiger charge is 2.16.